The van der Waals surface area contributed by atoms with E-state index in [1.807, 2.05) is 44.3 Å². The molecule has 0 aromatic heterocycles. The molecule has 0 aliphatic heterocycles. The lowest BCUT2D eigenvalue weighted by molar-refractivity contribution is 0.373. The Labute approximate surface area is 178 Å². The van der Waals surface area contributed by atoms with Crippen molar-refractivity contribution in [2.24, 2.45) is 4.99 Å². The van der Waals surface area contributed by atoms with Crippen molar-refractivity contribution in [3.05, 3.63) is 53.6 Å². The van der Waals surface area contributed by atoms with Gasteiger partial charge in [-0.15, -0.1) is 24.0 Å². The molecule has 0 unspecified atom stereocenters. The second kappa shape index (κ2) is 11.5. The van der Waals surface area contributed by atoms with Crippen molar-refractivity contribution in [1.29, 1.82) is 0 Å². The van der Waals surface area contributed by atoms with Crippen molar-refractivity contribution in [3.63, 3.8) is 0 Å². The highest BCUT2D eigenvalue weighted by Crippen LogP contribution is 2.26. The number of halogens is 1. The molecule has 0 fully saturated rings. The Morgan fingerprint density at radius 3 is 2.30 bits per heavy atom. The van der Waals surface area contributed by atoms with Gasteiger partial charge in [-0.2, -0.15) is 0 Å². The standard InChI is InChI=1S/C20H27N3O3.HI/c1-5-21-20(22-13-16-8-11-19(26-4)18(24)12-16)23(2)14-15-6-9-17(25-3)10-7-15;/h6-12,24H,5,13-14H2,1-4H3,(H,21,22);1H. The number of methoxy groups -OCH3 is 2. The molecule has 2 rings (SSSR count). The number of ether oxygens (including phenoxy) is 2. The Balaban J connectivity index is 0.00000364. The highest BCUT2D eigenvalue weighted by Gasteiger charge is 2.08. The molecule has 0 aliphatic carbocycles. The molecular formula is C20H28IN3O3. The largest absolute Gasteiger partial charge is 0.504 e. The van der Waals surface area contributed by atoms with Crippen LogP contribution in [0.15, 0.2) is 47.5 Å². The van der Waals surface area contributed by atoms with Crippen molar-refractivity contribution < 1.29 is 14.6 Å². The van der Waals surface area contributed by atoms with Gasteiger partial charge in [-0.3, -0.25) is 0 Å². The molecule has 0 saturated carbocycles. The molecule has 0 heterocycles. The summed E-state index contributed by atoms with van der Waals surface area (Å²) < 4.78 is 10.3. The van der Waals surface area contributed by atoms with Crippen LogP contribution in [0.3, 0.4) is 0 Å². The van der Waals surface area contributed by atoms with Crippen LogP contribution in [0, 0.1) is 0 Å². The lowest BCUT2D eigenvalue weighted by Gasteiger charge is -2.22. The number of phenolic OH excluding ortho intramolecular Hbond substituents is 1. The Morgan fingerprint density at radius 1 is 1.07 bits per heavy atom. The second-order valence-electron chi connectivity index (χ2n) is 5.88. The van der Waals surface area contributed by atoms with Gasteiger partial charge in [-0.1, -0.05) is 18.2 Å². The molecule has 2 N–H and O–H groups in total. The third-order valence-corrected chi connectivity index (χ3v) is 3.93. The van der Waals surface area contributed by atoms with Crippen LogP contribution in [0.2, 0.25) is 0 Å². The predicted octanol–water partition coefficient (Wildman–Crippen LogP) is 3.62. The van der Waals surface area contributed by atoms with E-state index in [4.69, 9.17) is 9.47 Å². The van der Waals surface area contributed by atoms with Crippen LogP contribution in [0.5, 0.6) is 17.2 Å². The van der Waals surface area contributed by atoms with E-state index in [1.165, 1.54) is 12.7 Å². The molecule has 0 saturated heterocycles. The number of rotatable bonds is 7. The fourth-order valence-corrected chi connectivity index (χ4v) is 2.55. The Kier molecular flexibility index (Phi) is 9.77. The summed E-state index contributed by atoms with van der Waals surface area (Å²) in [6, 6.07) is 13.3. The van der Waals surface area contributed by atoms with Crippen molar-refractivity contribution in [3.8, 4) is 17.2 Å². The monoisotopic (exact) mass is 485 g/mol. The first-order valence-electron chi connectivity index (χ1n) is 8.55. The van der Waals surface area contributed by atoms with Crippen LogP contribution in [-0.2, 0) is 13.1 Å². The summed E-state index contributed by atoms with van der Waals surface area (Å²) in [4.78, 5) is 6.73. The van der Waals surface area contributed by atoms with Gasteiger partial charge in [0.15, 0.2) is 17.5 Å². The number of benzene rings is 2. The zero-order valence-corrected chi connectivity index (χ0v) is 18.6. The summed E-state index contributed by atoms with van der Waals surface area (Å²) >= 11 is 0. The normalized spacial score (nSPS) is 10.7. The molecule has 2 aromatic rings. The zero-order chi connectivity index (χ0) is 18.9. The number of phenols is 1. The van der Waals surface area contributed by atoms with Gasteiger partial charge in [-0.25, -0.2) is 4.99 Å². The zero-order valence-electron chi connectivity index (χ0n) is 16.2. The molecule has 7 heteroatoms. The van der Waals surface area contributed by atoms with E-state index >= 15 is 0 Å². The minimum absolute atomic E-state index is 0. The first kappa shape index (κ1) is 22.9. The third-order valence-electron chi connectivity index (χ3n) is 3.93. The average molecular weight is 485 g/mol. The van der Waals surface area contributed by atoms with Gasteiger partial charge < -0.3 is 24.8 Å². The van der Waals surface area contributed by atoms with Crippen molar-refractivity contribution in [2.75, 3.05) is 27.8 Å². The predicted molar refractivity (Wildman–Crippen MR) is 119 cm³/mol. The number of nitrogens with one attached hydrogen (secondary N) is 1. The Hall–Kier alpha value is -2.16. The molecule has 0 spiro atoms. The highest BCUT2D eigenvalue weighted by molar-refractivity contribution is 14.0. The Morgan fingerprint density at radius 2 is 1.74 bits per heavy atom. The molecule has 0 atom stereocenters. The first-order chi connectivity index (χ1) is 12.6. The summed E-state index contributed by atoms with van der Waals surface area (Å²) in [5, 5.41) is 13.2. The maximum atomic E-state index is 9.90. The molecule has 0 bridgehead atoms. The van der Waals surface area contributed by atoms with E-state index in [0.29, 0.717) is 12.3 Å². The first-order valence-corrected chi connectivity index (χ1v) is 8.55. The number of hydrogen-bond acceptors (Lipinski definition) is 4. The van der Waals surface area contributed by atoms with Crippen LogP contribution in [-0.4, -0.2) is 43.8 Å². The minimum atomic E-state index is 0. The van der Waals surface area contributed by atoms with E-state index in [-0.39, 0.29) is 29.7 Å². The van der Waals surface area contributed by atoms with Crippen LogP contribution in [0.25, 0.3) is 0 Å². The molecule has 0 aliphatic rings. The number of hydrogen-bond donors (Lipinski definition) is 2. The maximum Gasteiger partial charge on any atom is 0.194 e. The SMILES string of the molecule is CCNC(=NCc1ccc(OC)c(O)c1)N(C)Cc1ccc(OC)cc1.I. The van der Waals surface area contributed by atoms with E-state index < -0.39 is 0 Å². The number of aromatic hydroxyl groups is 1. The molecule has 0 radical (unpaired) electrons. The fraction of sp³-hybridized carbons (Fsp3) is 0.350. The van der Waals surface area contributed by atoms with Crippen LogP contribution < -0.4 is 14.8 Å². The molecular weight excluding hydrogens is 457 g/mol. The van der Waals surface area contributed by atoms with E-state index in [2.05, 4.69) is 15.2 Å². The molecule has 2 aromatic carbocycles. The lowest BCUT2D eigenvalue weighted by Crippen LogP contribution is -2.38. The van der Waals surface area contributed by atoms with Crippen LogP contribution in [0.1, 0.15) is 18.1 Å². The van der Waals surface area contributed by atoms with Crippen molar-refractivity contribution >= 4 is 29.9 Å². The molecule has 27 heavy (non-hydrogen) atoms. The van der Waals surface area contributed by atoms with E-state index in [1.54, 1.807) is 19.2 Å². The summed E-state index contributed by atoms with van der Waals surface area (Å²) in [7, 11) is 5.19. The summed E-state index contributed by atoms with van der Waals surface area (Å²) in [6.07, 6.45) is 0. The van der Waals surface area contributed by atoms with Crippen LogP contribution in [0.4, 0.5) is 0 Å². The second-order valence-corrected chi connectivity index (χ2v) is 5.88. The number of nitrogens with zero attached hydrogens (tertiary/aromatic N) is 2. The van der Waals surface area contributed by atoms with Gasteiger partial charge in [0.2, 0.25) is 0 Å². The van der Waals surface area contributed by atoms with Gasteiger partial charge in [0.05, 0.1) is 20.8 Å². The summed E-state index contributed by atoms with van der Waals surface area (Å²) in [6.45, 7) is 4.01. The summed E-state index contributed by atoms with van der Waals surface area (Å²) in [5.41, 5.74) is 2.08. The maximum absolute atomic E-state index is 9.90. The van der Waals surface area contributed by atoms with Gasteiger partial charge in [-0.05, 0) is 42.3 Å². The topological polar surface area (TPSA) is 66.3 Å². The van der Waals surface area contributed by atoms with E-state index in [0.717, 1.165) is 30.4 Å². The summed E-state index contributed by atoms with van der Waals surface area (Å²) in [5.74, 6) is 2.23. The fourth-order valence-electron chi connectivity index (χ4n) is 2.55. The van der Waals surface area contributed by atoms with E-state index in [9.17, 15) is 5.11 Å². The molecule has 6 nitrogen and oxygen atoms in total. The minimum Gasteiger partial charge on any atom is -0.504 e. The average Bonchev–Trinajstić information content (AvgIpc) is 2.65. The smallest absolute Gasteiger partial charge is 0.194 e. The Bertz CT molecular complexity index is 736. The van der Waals surface area contributed by atoms with Crippen LogP contribution >= 0.6 is 24.0 Å². The molecule has 148 valence electrons. The molecule has 0 amide bonds. The van der Waals surface area contributed by atoms with Gasteiger partial charge in [0, 0.05) is 20.1 Å². The van der Waals surface area contributed by atoms with Crippen molar-refractivity contribution in [2.45, 2.75) is 20.0 Å². The third kappa shape index (κ3) is 6.82. The van der Waals surface area contributed by atoms with Crippen molar-refractivity contribution in [1.82, 2.24) is 10.2 Å². The van der Waals surface area contributed by atoms with Gasteiger partial charge >= 0.3 is 0 Å². The highest BCUT2D eigenvalue weighted by atomic mass is 127. The number of guanidine groups is 1. The lowest BCUT2D eigenvalue weighted by atomic mass is 10.2. The van der Waals surface area contributed by atoms with Gasteiger partial charge in [0.1, 0.15) is 5.75 Å². The number of aliphatic imine (C=N–C) groups is 1. The van der Waals surface area contributed by atoms with Gasteiger partial charge in [0.25, 0.3) is 0 Å². The quantitative estimate of drug-likeness (QED) is 0.356.